The molecule has 0 saturated carbocycles. The summed E-state index contributed by atoms with van der Waals surface area (Å²) in [5.74, 6) is -2.21. The molecule has 2 amide bonds. The van der Waals surface area contributed by atoms with E-state index in [4.69, 9.17) is 14.3 Å². The summed E-state index contributed by atoms with van der Waals surface area (Å²) in [5.41, 5.74) is 1.47. The van der Waals surface area contributed by atoms with Crippen molar-refractivity contribution in [1.29, 1.82) is 0 Å². The topological polar surface area (TPSA) is 135 Å². The highest BCUT2D eigenvalue weighted by atomic mass is 16.5. The third kappa shape index (κ3) is 6.31. The van der Waals surface area contributed by atoms with Gasteiger partial charge in [0.25, 0.3) is 5.91 Å². The first-order valence-electron chi connectivity index (χ1n) is 10.1. The van der Waals surface area contributed by atoms with Gasteiger partial charge in [-0.3, -0.25) is 9.59 Å². The quantitative estimate of drug-likeness (QED) is 0.487. The Labute approximate surface area is 179 Å². The fraction of sp³-hybridized carbons (Fsp3) is 0.455. The molecule has 0 bridgehead atoms. The molecule has 9 heteroatoms. The molecule has 0 aliphatic carbocycles. The van der Waals surface area contributed by atoms with E-state index >= 15 is 0 Å². The van der Waals surface area contributed by atoms with Gasteiger partial charge in [0.2, 0.25) is 5.91 Å². The van der Waals surface area contributed by atoms with Crippen LogP contribution in [0.4, 0.5) is 0 Å². The zero-order valence-corrected chi connectivity index (χ0v) is 18.1. The Morgan fingerprint density at radius 1 is 1.19 bits per heavy atom. The first-order valence-corrected chi connectivity index (χ1v) is 10.1. The first kappa shape index (κ1) is 23.9. The summed E-state index contributed by atoms with van der Waals surface area (Å²) >= 11 is 0. The number of carbonyl (C=O) groups is 3. The molecule has 3 N–H and O–H groups in total. The van der Waals surface area contributed by atoms with Crippen molar-refractivity contribution in [3.8, 4) is 5.75 Å². The molecule has 0 aliphatic rings. The van der Waals surface area contributed by atoms with Crippen LogP contribution in [-0.4, -0.2) is 42.1 Å². The lowest BCUT2D eigenvalue weighted by Crippen LogP contribution is -2.48. The van der Waals surface area contributed by atoms with Gasteiger partial charge in [-0.05, 0) is 37.0 Å². The van der Waals surface area contributed by atoms with E-state index in [1.165, 1.54) is 6.07 Å². The van der Waals surface area contributed by atoms with Crippen LogP contribution in [0.2, 0.25) is 0 Å². The van der Waals surface area contributed by atoms with Crippen molar-refractivity contribution in [1.82, 2.24) is 10.6 Å². The third-order valence-electron chi connectivity index (χ3n) is 4.77. The highest BCUT2D eigenvalue weighted by molar-refractivity contribution is 5.88. The Morgan fingerprint density at radius 2 is 1.90 bits per heavy atom. The smallest absolute Gasteiger partial charge is 0.336 e. The number of carbonyl (C=O) groups excluding carboxylic acids is 2. The van der Waals surface area contributed by atoms with Crippen LogP contribution >= 0.6 is 0 Å². The lowest BCUT2D eigenvalue weighted by Gasteiger charge is -2.18. The lowest BCUT2D eigenvalue weighted by atomic mass is 10.0. The first-order chi connectivity index (χ1) is 14.6. The van der Waals surface area contributed by atoms with E-state index in [1.54, 1.807) is 32.9 Å². The molecule has 0 spiro atoms. The number of aliphatic carboxylic acids is 1. The number of hydrogen-bond donors (Lipinski definition) is 3. The summed E-state index contributed by atoms with van der Waals surface area (Å²) in [7, 11) is 0. The molecule has 1 heterocycles. The molecule has 0 saturated heterocycles. The Kier molecular flexibility index (Phi) is 8.18. The maximum absolute atomic E-state index is 12.0. The molecule has 2 rings (SSSR count). The van der Waals surface area contributed by atoms with E-state index in [0.717, 1.165) is 23.8 Å². The normalized spacial score (nSPS) is 11.9. The van der Waals surface area contributed by atoms with Crippen molar-refractivity contribution in [2.24, 2.45) is 5.92 Å². The SMILES string of the molecule is CCCc1cc(=O)oc2c(C)c(OCC(=O)NCC(=O)NC(C(=O)O)C(C)C)ccc12. The van der Waals surface area contributed by atoms with Crippen molar-refractivity contribution in [3.05, 3.63) is 39.7 Å². The standard InChI is InChI=1S/C22H28N2O7/c1-5-6-14-9-19(27)31-21-13(4)16(8-7-15(14)21)30-11-18(26)23-10-17(25)24-20(12(2)3)22(28)29/h7-9,12,20H,5-6,10-11H2,1-4H3,(H,23,26)(H,24,25)(H,28,29). The summed E-state index contributed by atoms with van der Waals surface area (Å²) in [6, 6.07) is 3.94. The molecule has 2 aromatic rings. The van der Waals surface area contributed by atoms with Gasteiger partial charge in [0.15, 0.2) is 6.61 Å². The molecule has 31 heavy (non-hydrogen) atoms. The van der Waals surface area contributed by atoms with Gasteiger partial charge in [-0.15, -0.1) is 0 Å². The lowest BCUT2D eigenvalue weighted by molar-refractivity contribution is -0.143. The Balaban J connectivity index is 1.99. The van der Waals surface area contributed by atoms with Crippen LogP contribution in [0.1, 0.15) is 38.3 Å². The van der Waals surface area contributed by atoms with Crippen molar-refractivity contribution in [2.75, 3.05) is 13.2 Å². The van der Waals surface area contributed by atoms with Crippen LogP contribution in [0.3, 0.4) is 0 Å². The largest absolute Gasteiger partial charge is 0.483 e. The summed E-state index contributed by atoms with van der Waals surface area (Å²) in [4.78, 5) is 46.9. The van der Waals surface area contributed by atoms with Gasteiger partial charge < -0.3 is 24.9 Å². The number of hydrogen-bond acceptors (Lipinski definition) is 6. The number of amides is 2. The minimum Gasteiger partial charge on any atom is -0.483 e. The number of benzene rings is 1. The fourth-order valence-electron chi connectivity index (χ4n) is 3.15. The molecule has 0 aliphatic heterocycles. The fourth-order valence-corrected chi connectivity index (χ4v) is 3.15. The molecule has 1 aromatic carbocycles. The van der Waals surface area contributed by atoms with Crippen LogP contribution in [0.15, 0.2) is 27.4 Å². The van der Waals surface area contributed by atoms with Crippen LogP contribution in [-0.2, 0) is 20.8 Å². The van der Waals surface area contributed by atoms with Gasteiger partial charge in [-0.1, -0.05) is 27.2 Å². The van der Waals surface area contributed by atoms with Gasteiger partial charge in [-0.25, -0.2) is 9.59 Å². The zero-order valence-electron chi connectivity index (χ0n) is 18.1. The Bertz CT molecular complexity index is 1030. The van der Waals surface area contributed by atoms with E-state index < -0.39 is 29.5 Å². The summed E-state index contributed by atoms with van der Waals surface area (Å²) in [5, 5.41) is 14.7. The van der Waals surface area contributed by atoms with Crippen LogP contribution < -0.4 is 21.0 Å². The molecule has 0 fully saturated rings. The maximum atomic E-state index is 12.0. The molecular formula is C22H28N2O7. The average molecular weight is 432 g/mol. The summed E-state index contributed by atoms with van der Waals surface area (Å²) in [6.45, 7) is 6.37. The molecule has 1 unspecified atom stereocenters. The van der Waals surface area contributed by atoms with Crippen LogP contribution in [0, 0.1) is 12.8 Å². The summed E-state index contributed by atoms with van der Waals surface area (Å²) in [6.07, 6.45) is 1.62. The number of nitrogens with one attached hydrogen (secondary N) is 2. The second-order valence-corrected chi connectivity index (χ2v) is 7.60. The monoisotopic (exact) mass is 432 g/mol. The van der Waals surface area contributed by atoms with Gasteiger partial charge in [0, 0.05) is 17.0 Å². The van der Waals surface area contributed by atoms with E-state index in [-0.39, 0.29) is 19.1 Å². The number of fused-ring (bicyclic) bond motifs is 1. The van der Waals surface area contributed by atoms with Gasteiger partial charge in [0.1, 0.15) is 17.4 Å². The molecule has 1 atom stereocenters. The maximum Gasteiger partial charge on any atom is 0.336 e. The van der Waals surface area contributed by atoms with E-state index in [2.05, 4.69) is 10.6 Å². The average Bonchev–Trinajstić information content (AvgIpc) is 2.70. The third-order valence-corrected chi connectivity index (χ3v) is 4.77. The van der Waals surface area contributed by atoms with E-state index in [0.29, 0.717) is 16.9 Å². The Hall–Kier alpha value is -3.36. The predicted molar refractivity (Wildman–Crippen MR) is 114 cm³/mol. The minimum atomic E-state index is -1.14. The number of rotatable bonds is 10. The van der Waals surface area contributed by atoms with Gasteiger partial charge in [0.05, 0.1) is 6.54 Å². The van der Waals surface area contributed by atoms with Gasteiger partial charge in [-0.2, -0.15) is 0 Å². The van der Waals surface area contributed by atoms with Crippen molar-refractivity contribution in [3.63, 3.8) is 0 Å². The number of ether oxygens (including phenoxy) is 1. The second-order valence-electron chi connectivity index (χ2n) is 7.60. The Morgan fingerprint density at radius 3 is 2.52 bits per heavy atom. The highest BCUT2D eigenvalue weighted by Gasteiger charge is 2.23. The number of aryl methyl sites for hydroxylation is 2. The van der Waals surface area contributed by atoms with Crippen molar-refractivity contribution < 1.29 is 28.6 Å². The number of carboxylic acid groups (broad SMARTS) is 1. The molecular weight excluding hydrogens is 404 g/mol. The second kappa shape index (κ2) is 10.6. The number of carboxylic acids is 1. The molecule has 0 radical (unpaired) electrons. The van der Waals surface area contributed by atoms with E-state index in [9.17, 15) is 19.2 Å². The molecule has 1 aromatic heterocycles. The molecule has 9 nitrogen and oxygen atoms in total. The van der Waals surface area contributed by atoms with E-state index in [1.807, 2.05) is 6.92 Å². The van der Waals surface area contributed by atoms with Crippen molar-refractivity contribution in [2.45, 2.75) is 46.6 Å². The van der Waals surface area contributed by atoms with Crippen LogP contribution in [0.5, 0.6) is 5.75 Å². The predicted octanol–water partition coefficient (Wildman–Crippen LogP) is 1.77. The van der Waals surface area contributed by atoms with Crippen LogP contribution in [0.25, 0.3) is 11.0 Å². The summed E-state index contributed by atoms with van der Waals surface area (Å²) < 4.78 is 10.9. The molecule has 168 valence electrons. The van der Waals surface area contributed by atoms with Gasteiger partial charge >= 0.3 is 11.6 Å². The van der Waals surface area contributed by atoms with Crippen molar-refractivity contribution >= 4 is 28.8 Å². The zero-order chi connectivity index (χ0) is 23.1. The highest BCUT2D eigenvalue weighted by Crippen LogP contribution is 2.28. The minimum absolute atomic E-state index is 0.297.